The summed E-state index contributed by atoms with van der Waals surface area (Å²) >= 11 is 6.12. The quantitative estimate of drug-likeness (QED) is 0.813. The molecule has 0 fully saturated rings. The van der Waals surface area contributed by atoms with Crippen LogP contribution in [0.1, 0.15) is 11.1 Å². The molecule has 2 rings (SSSR count). The van der Waals surface area contributed by atoms with Crippen molar-refractivity contribution in [1.82, 2.24) is 4.90 Å². The van der Waals surface area contributed by atoms with Crippen LogP contribution in [0.2, 0.25) is 5.02 Å². The van der Waals surface area contributed by atoms with Crippen LogP contribution in [0.15, 0.2) is 24.8 Å². The zero-order chi connectivity index (χ0) is 13.7. The average molecular weight is 284 g/mol. The number of aliphatic hydroxyl groups is 1. The average Bonchev–Trinajstić information content (AvgIpc) is 2.39. The summed E-state index contributed by atoms with van der Waals surface area (Å²) in [4.78, 5) is 2.08. The van der Waals surface area contributed by atoms with E-state index in [1.165, 1.54) is 0 Å². The van der Waals surface area contributed by atoms with Crippen molar-refractivity contribution in [2.45, 2.75) is 13.2 Å². The van der Waals surface area contributed by atoms with Crippen LogP contribution >= 0.6 is 11.6 Å². The molecule has 4 nitrogen and oxygen atoms in total. The summed E-state index contributed by atoms with van der Waals surface area (Å²) < 4.78 is 10.8. The zero-order valence-corrected chi connectivity index (χ0v) is 11.5. The van der Waals surface area contributed by atoms with Crippen molar-refractivity contribution in [3.05, 3.63) is 40.9 Å². The predicted octanol–water partition coefficient (Wildman–Crippen LogP) is 2.19. The second-order valence-electron chi connectivity index (χ2n) is 4.41. The number of rotatable bonds is 6. The van der Waals surface area contributed by atoms with Gasteiger partial charge in [-0.3, -0.25) is 4.90 Å². The first-order valence-corrected chi connectivity index (χ1v) is 6.58. The van der Waals surface area contributed by atoms with Gasteiger partial charge in [0.05, 0.1) is 13.2 Å². The standard InChI is InChI=1S/C14H18ClNO3/c1-2-3-16(4-5-17)8-11-6-13(15)7-12-9-18-10-19-14(11)12/h2,6-7,17H,1,3-5,8-10H2. The van der Waals surface area contributed by atoms with Gasteiger partial charge in [0.15, 0.2) is 6.79 Å². The lowest BCUT2D eigenvalue weighted by Gasteiger charge is -2.25. The Morgan fingerprint density at radius 1 is 1.47 bits per heavy atom. The van der Waals surface area contributed by atoms with Gasteiger partial charge in [-0.05, 0) is 12.1 Å². The zero-order valence-electron chi connectivity index (χ0n) is 10.8. The molecule has 0 saturated heterocycles. The molecule has 1 N–H and O–H groups in total. The number of nitrogens with zero attached hydrogens (tertiary/aromatic N) is 1. The maximum Gasteiger partial charge on any atom is 0.189 e. The molecule has 5 heteroatoms. The first kappa shape index (κ1) is 14.3. The van der Waals surface area contributed by atoms with Gasteiger partial charge in [-0.15, -0.1) is 6.58 Å². The molecule has 0 aromatic heterocycles. The van der Waals surface area contributed by atoms with Crippen LogP contribution in [0.25, 0.3) is 0 Å². The molecule has 1 aromatic carbocycles. The van der Waals surface area contributed by atoms with Crippen molar-refractivity contribution in [1.29, 1.82) is 0 Å². The first-order chi connectivity index (χ1) is 9.24. The third-order valence-corrected chi connectivity index (χ3v) is 3.17. The molecule has 19 heavy (non-hydrogen) atoms. The fourth-order valence-electron chi connectivity index (χ4n) is 2.17. The van der Waals surface area contributed by atoms with Crippen molar-refractivity contribution >= 4 is 11.6 Å². The minimum Gasteiger partial charge on any atom is -0.467 e. The SMILES string of the molecule is C=CCN(CCO)Cc1cc(Cl)cc2c1OCOC2. The summed E-state index contributed by atoms with van der Waals surface area (Å²) in [6, 6.07) is 3.77. The highest BCUT2D eigenvalue weighted by Crippen LogP contribution is 2.32. The second kappa shape index (κ2) is 6.91. The van der Waals surface area contributed by atoms with Crippen LogP contribution in [0.3, 0.4) is 0 Å². The van der Waals surface area contributed by atoms with E-state index in [4.69, 9.17) is 26.2 Å². The molecule has 0 aliphatic carbocycles. The Labute approximate surface area is 118 Å². The summed E-state index contributed by atoms with van der Waals surface area (Å²) in [5, 5.41) is 9.75. The van der Waals surface area contributed by atoms with Gasteiger partial charge < -0.3 is 14.6 Å². The molecule has 1 aliphatic heterocycles. The molecular formula is C14H18ClNO3. The van der Waals surface area contributed by atoms with E-state index in [9.17, 15) is 0 Å². The minimum atomic E-state index is 0.112. The molecule has 0 saturated carbocycles. The number of aliphatic hydroxyl groups excluding tert-OH is 1. The van der Waals surface area contributed by atoms with Crippen LogP contribution in [0.4, 0.5) is 0 Å². The lowest BCUT2D eigenvalue weighted by atomic mass is 10.1. The number of hydrogen-bond donors (Lipinski definition) is 1. The predicted molar refractivity (Wildman–Crippen MR) is 74.3 cm³/mol. The highest BCUT2D eigenvalue weighted by molar-refractivity contribution is 6.30. The Morgan fingerprint density at radius 2 is 2.32 bits per heavy atom. The van der Waals surface area contributed by atoms with Crippen molar-refractivity contribution in [2.24, 2.45) is 0 Å². The van der Waals surface area contributed by atoms with Gasteiger partial charge in [0, 0.05) is 35.8 Å². The number of ether oxygens (including phenoxy) is 2. The Hall–Kier alpha value is -1.07. The third-order valence-electron chi connectivity index (χ3n) is 2.95. The Balaban J connectivity index is 2.22. The maximum absolute atomic E-state index is 9.08. The Morgan fingerprint density at radius 3 is 3.05 bits per heavy atom. The minimum absolute atomic E-state index is 0.112. The second-order valence-corrected chi connectivity index (χ2v) is 4.85. The van der Waals surface area contributed by atoms with E-state index < -0.39 is 0 Å². The number of fused-ring (bicyclic) bond motifs is 1. The van der Waals surface area contributed by atoms with Gasteiger partial charge in [0.2, 0.25) is 0 Å². The van der Waals surface area contributed by atoms with Crippen LogP contribution in [-0.2, 0) is 17.9 Å². The van der Waals surface area contributed by atoms with Crippen LogP contribution in [-0.4, -0.2) is 36.5 Å². The van der Waals surface area contributed by atoms with Crippen molar-refractivity contribution in [3.63, 3.8) is 0 Å². The van der Waals surface area contributed by atoms with Crippen LogP contribution in [0, 0.1) is 0 Å². The van der Waals surface area contributed by atoms with Crippen molar-refractivity contribution in [2.75, 3.05) is 26.5 Å². The molecule has 0 radical (unpaired) electrons. The Kier molecular flexibility index (Phi) is 5.22. The highest BCUT2D eigenvalue weighted by atomic mass is 35.5. The van der Waals surface area contributed by atoms with Gasteiger partial charge in [-0.2, -0.15) is 0 Å². The summed E-state index contributed by atoms with van der Waals surface area (Å²) in [6.45, 7) is 6.58. The molecule has 1 aromatic rings. The molecule has 0 bridgehead atoms. The Bertz CT molecular complexity index is 451. The normalized spacial score (nSPS) is 14.1. The van der Waals surface area contributed by atoms with E-state index in [2.05, 4.69) is 11.5 Å². The van der Waals surface area contributed by atoms with Gasteiger partial charge in [0.1, 0.15) is 5.75 Å². The fraction of sp³-hybridized carbons (Fsp3) is 0.429. The number of hydrogen-bond acceptors (Lipinski definition) is 4. The van der Waals surface area contributed by atoms with Gasteiger partial charge in [-0.25, -0.2) is 0 Å². The monoisotopic (exact) mass is 283 g/mol. The van der Waals surface area contributed by atoms with E-state index in [1.807, 2.05) is 18.2 Å². The fourth-order valence-corrected chi connectivity index (χ4v) is 2.44. The molecule has 0 atom stereocenters. The summed E-state index contributed by atoms with van der Waals surface area (Å²) in [7, 11) is 0. The number of halogens is 1. The van der Waals surface area contributed by atoms with Crippen molar-refractivity contribution in [3.8, 4) is 5.75 Å². The molecule has 1 aliphatic rings. The molecule has 1 heterocycles. The van der Waals surface area contributed by atoms with Gasteiger partial charge in [0.25, 0.3) is 0 Å². The van der Waals surface area contributed by atoms with E-state index in [0.29, 0.717) is 31.3 Å². The van der Waals surface area contributed by atoms with Crippen molar-refractivity contribution < 1.29 is 14.6 Å². The summed E-state index contributed by atoms with van der Waals surface area (Å²) in [6.07, 6.45) is 1.82. The van der Waals surface area contributed by atoms with Crippen LogP contribution in [0.5, 0.6) is 5.75 Å². The largest absolute Gasteiger partial charge is 0.467 e. The van der Waals surface area contributed by atoms with Gasteiger partial charge >= 0.3 is 0 Å². The lowest BCUT2D eigenvalue weighted by molar-refractivity contribution is -0.0174. The molecule has 0 spiro atoms. The van der Waals surface area contributed by atoms with E-state index in [1.54, 1.807) is 0 Å². The third kappa shape index (κ3) is 3.70. The van der Waals surface area contributed by atoms with Gasteiger partial charge in [-0.1, -0.05) is 17.7 Å². The maximum atomic E-state index is 9.08. The molecular weight excluding hydrogens is 266 g/mol. The van der Waals surface area contributed by atoms with E-state index in [-0.39, 0.29) is 13.4 Å². The summed E-state index contributed by atoms with van der Waals surface area (Å²) in [5.74, 6) is 0.850. The summed E-state index contributed by atoms with van der Waals surface area (Å²) in [5.41, 5.74) is 1.98. The van der Waals surface area contributed by atoms with E-state index >= 15 is 0 Å². The first-order valence-electron chi connectivity index (χ1n) is 6.20. The number of benzene rings is 1. The van der Waals surface area contributed by atoms with Crippen LogP contribution < -0.4 is 4.74 Å². The molecule has 0 amide bonds. The highest BCUT2D eigenvalue weighted by Gasteiger charge is 2.17. The molecule has 104 valence electrons. The topological polar surface area (TPSA) is 41.9 Å². The smallest absolute Gasteiger partial charge is 0.189 e. The molecule has 0 unspecified atom stereocenters. The lowest BCUT2D eigenvalue weighted by Crippen LogP contribution is -2.27. The van der Waals surface area contributed by atoms with E-state index in [0.717, 1.165) is 16.9 Å².